The molecule has 0 radical (unpaired) electrons. The number of benzene rings is 3. The van der Waals surface area contributed by atoms with Gasteiger partial charge < -0.3 is 9.84 Å². The van der Waals surface area contributed by atoms with Crippen LogP contribution in [0, 0.1) is 0 Å². The molecule has 5 heteroatoms. The van der Waals surface area contributed by atoms with E-state index in [0.29, 0.717) is 29.6 Å². The van der Waals surface area contributed by atoms with Crippen molar-refractivity contribution in [2.24, 2.45) is 0 Å². The fourth-order valence-corrected chi connectivity index (χ4v) is 4.45. The van der Waals surface area contributed by atoms with Crippen LogP contribution < -0.4 is 0 Å². The number of rotatable bonds is 6. The highest BCUT2D eigenvalue weighted by atomic mass is 35.5. The third kappa shape index (κ3) is 4.88. The molecule has 3 nitrogen and oxygen atoms in total. The molecule has 3 aromatic carbocycles. The maximum atomic E-state index is 12.0. The van der Waals surface area contributed by atoms with Crippen LogP contribution in [0.25, 0.3) is 0 Å². The Morgan fingerprint density at radius 1 is 0.967 bits per heavy atom. The number of nitrogens with zero attached hydrogens (tertiary/aromatic N) is 1. The summed E-state index contributed by atoms with van der Waals surface area (Å²) in [6.07, 6.45) is -0.0762. The van der Waals surface area contributed by atoms with E-state index in [1.165, 1.54) is 5.56 Å². The van der Waals surface area contributed by atoms with Crippen LogP contribution in [0.2, 0.25) is 10.0 Å². The van der Waals surface area contributed by atoms with E-state index < -0.39 is 11.7 Å². The molecule has 1 heterocycles. The lowest BCUT2D eigenvalue weighted by Crippen LogP contribution is -2.53. The molecule has 0 spiro atoms. The zero-order valence-electron chi connectivity index (χ0n) is 16.7. The zero-order chi connectivity index (χ0) is 21.0. The zero-order valence-corrected chi connectivity index (χ0v) is 18.2. The fraction of sp³-hybridized carbons (Fsp3) is 0.280. The second-order valence-corrected chi connectivity index (χ2v) is 8.63. The van der Waals surface area contributed by atoms with Crippen molar-refractivity contribution in [3.8, 4) is 0 Å². The number of hydrogen-bond acceptors (Lipinski definition) is 3. The minimum absolute atomic E-state index is 0.320. The summed E-state index contributed by atoms with van der Waals surface area (Å²) in [6, 6.07) is 25.4. The lowest BCUT2D eigenvalue weighted by molar-refractivity contribution is -0.149. The quantitative estimate of drug-likeness (QED) is 0.561. The van der Waals surface area contributed by atoms with Crippen LogP contribution in [0.15, 0.2) is 78.9 Å². The Bertz CT molecular complexity index is 967. The van der Waals surface area contributed by atoms with Gasteiger partial charge >= 0.3 is 0 Å². The second-order valence-electron chi connectivity index (χ2n) is 7.78. The smallest absolute Gasteiger partial charge is 0.121 e. The van der Waals surface area contributed by atoms with E-state index in [4.69, 9.17) is 27.9 Å². The van der Waals surface area contributed by atoms with E-state index in [1.807, 2.05) is 42.5 Å². The Morgan fingerprint density at radius 3 is 2.40 bits per heavy atom. The van der Waals surface area contributed by atoms with Gasteiger partial charge in [0.25, 0.3) is 0 Å². The van der Waals surface area contributed by atoms with Gasteiger partial charge in [0.2, 0.25) is 0 Å². The van der Waals surface area contributed by atoms with Gasteiger partial charge in [-0.25, -0.2) is 0 Å². The second kappa shape index (κ2) is 9.51. The van der Waals surface area contributed by atoms with Crippen LogP contribution >= 0.6 is 23.2 Å². The molecule has 1 aliphatic heterocycles. The number of halogens is 2. The molecule has 0 aromatic heterocycles. The van der Waals surface area contributed by atoms with Gasteiger partial charge in [-0.3, -0.25) is 4.90 Å². The first-order chi connectivity index (χ1) is 14.5. The lowest BCUT2D eigenvalue weighted by Gasteiger charge is -2.42. The van der Waals surface area contributed by atoms with Crippen molar-refractivity contribution in [2.75, 3.05) is 19.7 Å². The average Bonchev–Trinajstić information content (AvgIpc) is 2.78. The van der Waals surface area contributed by atoms with Crippen molar-refractivity contribution < 1.29 is 9.84 Å². The summed E-state index contributed by atoms with van der Waals surface area (Å²) in [5.74, 6) is 0. The molecule has 4 rings (SSSR count). The topological polar surface area (TPSA) is 32.7 Å². The molecule has 1 fully saturated rings. The molecule has 0 bridgehead atoms. The van der Waals surface area contributed by atoms with E-state index in [9.17, 15) is 5.11 Å². The monoisotopic (exact) mass is 441 g/mol. The van der Waals surface area contributed by atoms with E-state index in [0.717, 1.165) is 24.2 Å². The lowest BCUT2D eigenvalue weighted by atomic mass is 9.81. The Labute approximate surface area is 187 Å². The third-order valence-corrected chi connectivity index (χ3v) is 6.28. The number of ether oxygens (including phenoxy) is 1. The Hall–Kier alpha value is -1.88. The molecule has 1 N–H and O–H groups in total. The van der Waals surface area contributed by atoms with Gasteiger partial charge in [-0.05, 0) is 34.9 Å². The van der Waals surface area contributed by atoms with Gasteiger partial charge in [-0.1, -0.05) is 83.9 Å². The first kappa shape index (κ1) is 21.4. The predicted molar refractivity (Wildman–Crippen MR) is 122 cm³/mol. The summed E-state index contributed by atoms with van der Waals surface area (Å²) < 4.78 is 6.14. The third-order valence-electron chi connectivity index (χ3n) is 5.67. The number of aliphatic hydroxyl groups is 1. The van der Waals surface area contributed by atoms with Crippen LogP contribution in [0.1, 0.15) is 16.7 Å². The molecule has 156 valence electrons. The molecule has 2 atom stereocenters. The van der Waals surface area contributed by atoms with Crippen molar-refractivity contribution in [3.63, 3.8) is 0 Å². The van der Waals surface area contributed by atoms with Gasteiger partial charge in [0.05, 0.1) is 6.61 Å². The van der Waals surface area contributed by atoms with Crippen molar-refractivity contribution in [1.82, 2.24) is 4.90 Å². The van der Waals surface area contributed by atoms with Crippen molar-refractivity contribution in [1.29, 1.82) is 0 Å². The van der Waals surface area contributed by atoms with Crippen LogP contribution in [0.4, 0.5) is 0 Å². The van der Waals surface area contributed by atoms with Crippen molar-refractivity contribution >= 4 is 23.2 Å². The summed E-state index contributed by atoms with van der Waals surface area (Å²) in [5, 5.41) is 13.2. The Kier molecular flexibility index (Phi) is 6.77. The van der Waals surface area contributed by atoms with Gasteiger partial charge in [-0.2, -0.15) is 0 Å². The minimum Gasteiger partial charge on any atom is -0.382 e. The molecule has 0 amide bonds. The summed E-state index contributed by atoms with van der Waals surface area (Å²) in [7, 11) is 0. The highest BCUT2D eigenvalue weighted by Crippen LogP contribution is 2.36. The number of hydrogen-bond donors (Lipinski definition) is 1. The molecule has 0 saturated carbocycles. The standard InChI is InChI=1S/C25H25Cl2NO2/c26-22-11-12-23(27)20(15-22)16-25(29,21-9-5-2-6-10-21)24-18-28(13-14-30-24)17-19-7-3-1-4-8-19/h1-12,15,24,29H,13-14,16-18H2/t24-,25+/m0/s1. The molecular weight excluding hydrogens is 417 g/mol. The molecular formula is C25H25Cl2NO2. The van der Waals surface area contributed by atoms with Gasteiger partial charge in [0.1, 0.15) is 11.7 Å². The predicted octanol–water partition coefficient (Wildman–Crippen LogP) is 5.32. The SMILES string of the molecule is O[C@](Cc1cc(Cl)ccc1Cl)(c1ccccc1)[C@@H]1CN(Cc2ccccc2)CCO1. The summed E-state index contributed by atoms with van der Waals surface area (Å²) in [4.78, 5) is 2.33. The van der Waals surface area contributed by atoms with Crippen LogP contribution in [-0.4, -0.2) is 35.8 Å². The largest absolute Gasteiger partial charge is 0.382 e. The highest BCUT2D eigenvalue weighted by molar-refractivity contribution is 6.33. The maximum Gasteiger partial charge on any atom is 0.121 e. The van der Waals surface area contributed by atoms with Gasteiger partial charge in [0, 0.05) is 36.1 Å². The van der Waals surface area contributed by atoms with Crippen LogP contribution in [0.5, 0.6) is 0 Å². The van der Waals surface area contributed by atoms with E-state index in [2.05, 4.69) is 29.2 Å². The molecule has 30 heavy (non-hydrogen) atoms. The van der Waals surface area contributed by atoms with Crippen LogP contribution in [0.3, 0.4) is 0 Å². The first-order valence-corrected chi connectivity index (χ1v) is 10.9. The van der Waals surface area contributed by atoms with Crippen molar-refractivity contribution in [2.45, 2.75) is 24.7 Å². The Balaban J connectivity index is 1.63. The number of morpholine rings is 1. The molecule has 1 saturated heterocycles. The molecule has 0 aliphatic carbocycles. The molecule has 0 unspecified atom stereocenters. The minimum atomic E-state index is -1.23. The summed E-state index contributed by atoms with van der Waals surface area (Å²) >= 11 is 12.7. The first-order valence-electron chi connectivity index (χ1n) is 10.1. The normalized spacial score (nSPS) is 19.4. The summed E-state index contributed by atoms with van der Waals surface area (Å²) in [6.45, 7) is 2.84. The maximum absolute atomic E-state index is 12.0. The van der Waals surface area contributed by atoms with Gasteiger partial charge in [-0.15, -0.1) is 0 Å². The molecule has 3 aromatic rings. The highest BCUT2D eigenvalue weighted by Gasteiger charge is 2.42. The average molecular weight is 442 g/mol. The van der Waals surface area contributed by atoms with E-state index in [1.54, 1.807) is 12.1 Å². The Morgan fingerprint density at radius 2 is 1.67 bits per heavy atom. The fourth-order valence-electron chi connectivity index (χ4n) is 4.07. The van der Waals surface area contributed by atoms with Gasteiger partial charge in [0.15, 0.2) is 0 Å². The van der Waals surface area contributed by atoms with Crippen LogP contribution in [-0.2, 0) is 23.3 Å². The molecule has 1 aliphatic rings. The summed E-state index contributed by atoms with van der Waals surface area (Å²) in [5.41, 5.74) is 1.64. The van der Waals surface area contributed by atoms with Crippen molar-refractivity contribution in [3.05, 3.63) is 106 Å². The van der Waals surface area contributed by atoms with E-state index >= 15 is 0 Å². The van der Waals surface area contributed by atoms with E-state index in [-0.39, 0.29) is 0 Å².